The van der Waals surface area contributed by atoms with Crippen molar-refractivity contribution < 1.29 is 18.5 Å². The summed E-state index contributed by atoms with van der Waals surface area (Å²) in [5.41, 5.74) is 1.52. The number of ether oxygens (including phenoxy) is 1. The molecule has 3 aromatic carbocycles. The molecule has 4 aromatic rings. The first-order chi connectivity index (χ1) is 14.0. The Bertz CT molecular complexity index is 1260. The molecule has 0 saturated heterocycles. The third-order valence-electron chi connectivity index (χ3n) is 4.40. The molecule has 144 valence electrons. The van der Waals surface area contributed by atoms with Crippen LogP contribution in [0.5, 0.6) is 5.75 Å². The van der Waals surface area contributed by atoms with E-state index in [-0.39, 0.29) is 18.1 Å². The number of benzene rings is 3. The number of hydrogen-bond donors (Lipinski definition) is 0. The van der Waals surface area contributed by atoms with Crippen molar-refractivity contribution in [3.8, 4) is 16.9 Å². The number of nitro groups is 1. The third kappa shape index (κ3) is 3.98. The second-order valence-corrected chi connectivity index (χ2v) is 6.36. The second kappa shape index (κ2) is 7.55. The van der Waals surface area contributed by atoms with Crippen LogP contribution in [0.3, 0.4) is 0 Å². The van der Waals surface area contributed by atoms with Crippen LogP contribution in [-0.2, 0) is 6.61 Å². The Labute approximate surface area is 163 Å². The molecule has 0 amide bonds. The molecule has 0 bridgehead atoms. The molecule has 0 unspecified atom stereocenters. The minimum absolute atomic E-state index is 0.0665. The van der Waals surface area contributed by atoms with E-state index in [1.807, 2.05) is 0 Å². The summed E-state index contributed by atoms with van der Waals surface area (Å²) in [6.07, 6.45) is 0. The van der Waals surface area contributed by atoms with E-state index in [1.165, 1.54) is 30.3 Å². The van der Waals surface area contributed by atoms with Crippen LogP contribution < -0.4 is 10.4 Å². The van der Waals surface area contributed by atoms with Gasteiger partial charge in [0.1, 0.15) is 23.8 Å². The van der Waals surface area contributed by atoms with Gasteiger partial charge in [0.15, 0.2) is 0 Å². The van der Waals surface area contributed by atoms with E-state index in [9.17, 15) is 19.3 Å². The second-order valence-electron chi connectivity index (χ2n) is 6.36. The SMILES string of the molecule is O=c1cc(-c2cccc([N+](=O)[O-])c2)c2ccc(OCc3ccc(F)cc3)cc2o1. The topological polar surface area (TPSA) is 82.6 Å². The fourth-order valence-corrected chi connectivity index (χ4v) is 3.01. The number of nitro benzene ring substituents is 1. The summed E-state index contributed by atoms with van der Waals surface area (Å²) >= 11 is 0. The number of halogens is 1. The van der Waals surface area contributed by atoms with E-state index < -0.39 is 10.5 Å². The van der Waals surface area contributed by atoms with Gasteiger partial charge in [0.2, 0.25) is 0 Å². The highest BCUT2D eigenvalue weighted by molar-refractivity contribution is 5.94. The molecule has 1 aromatic heterocycles. The minimum atomic E-state index is -0.574. The van der Waals surface area contributed by atoms with E-state index in [1.54, 1.807) is 42.5 Å². The highest BCUT2D eigenvalue weighted by atomic mass is 19.1. The quantitative estimate of drug-likeness (QED) is 0.269. The standard InChI is InChI=1S/C22H14FNO5/c23-16-6-4-14(5-7-16)13-28-18-8-9-19-20(12-22(25)29-21(19)11-18)15-2-1-3-17(10-15)24(26)27/h1-12H,13H2. The highest BCUT2D eigenvalue weighted by Gasteiger charge is 2.12. The summed E-state index contributed by atoms with van der Waals surface area (Å²) in [7, 11) is 0. The Hall–Kier alpha value is -4.00. The minimum Gasteiger partial charge on any atom is -0.489 e. The van der Waals surface area contributed by atoms with Gasteiger partial charge < -0.3 is 9.15 Å². The van der Waals surface area contributed by atoms with E-state index in [4.69, 9.17) is 9.15 Å². The normalized spacial score (nSPS) is 10.8. The first kappa shape index (κ1) is 18.4. The Morgan fingerprint density at radius 1 is 1.00 bits per heavy atom. The lowest BCUT2D eigenvalue weighted by molar-refractivity contribution is -0.384. The molecule has 0 aliphatic rings. The molecule has 0 fully saturated rings. The predicted octanol–water partition coefficient (Wildman–Crippen LogP) is 5.09. The van der Waals surface area contributed by atoms with Gasteiger partial charge in [-0.05, 0) is 35.4 Å². The van der Waals surface area contributed by atoms with Gasteiger partial charge in [-0.3, -0.25) is 10.1 Å². The summed E-state index contributed by atoms with van der Waals surface area (Å²) in [5.74, 6) is 0.149. The van der Waals surface area contributed by atoms with Crippen LogP contribution >= 0.6 is 0 Å². The molecule has 0 aliphatic heterocycles. The predicted molar refractivity (Wildman–Crippen MR) is 105 cm³/mol. The van der Waals surface area contributed by atoms with Crippen molar-refractivity contribution in [1.29, 1.82) is 0 Å². The van der Waals surface area contributed by atoms with E-state index in [2.05, 4.69) is 0 Å². The molecule has 7 heteroatoms. The van der Waals surface area contributed by atoms with Crippen LogP contribution in [0, 0.1) is 15.9 Å². The Morgan fingerprint density at radius 3 is 2.55 bits per heavy atom. The van der Waals surface area contributed by atoms with E-state index in [0.29, 0.717) is 27.8 Å². The molecule has 0 radical (unpaired) electrons. The lowest BCUT2D eigenvalue weighted by Crippen LogP contribution is -2.00. The Balaban J connectivity index is 1.69. The van der Waals surface area contributed by atoms with Gasteiger partial charge in [0, 0.05) is 35.2 Å². The molecule has 0 atom stereocenters. The van der Waals surface area contributed by atoms with Crippen molar-refractivity contribution >= 4 is 16.7 Å². The number of fused-ring (bicyclic) bond motifs is 1. The summed E-state index contributed by atoms with van der Waals surface area (Å²) < 4.78 is 24.0. The van der Waals surface area contributed by atoms with Crippen LogP contribution in [0.15, 0.2) is 82.0 Å². The summed E-state index contributed by atoms with van der Waals surface area (Å²) in [4.78, 5) is 22.6. The first-order valence-electron chi connectivity index (χ1n) is 8.69. The van der Waals surface area contributed by atoms with Gasteiger partial charge in [0.25, 0.3) is 5.69 Å². The zero-order valence-corrected chi connectivity index (χ0v) is 15.0. The van der Waals surface area contributed by atoms with Crippen molar-refractivity contribution in [2.24, 2.45) is 0 Å². The fourth-order valence-electron chi connectivity index (χ4n) is 3.01. The lowest BCUT2D eigenvalue weighted by atomic mass is 10.0. The monoisotopic (exact) mass is 391 g/mol. The molecule has 0 aliphatic carbocycles. The first-order valence-corrected chi connectivity index (χ1v) is 8.69. The average molecular weight is 391 g/mol. The van der Waals surface area contributed by atoms with Gasteiger partial charge in [-0.1, -0.05) is 24.3 Å². The summed E-state index contributed by atoms with van der Waals surface area (Å²) in [6.45, 7) is 0.223. The summed E-state index contributed by atoms with van der Waals surface area (Å²) in [5, 5.41) is 11.7. The maximum atomic E-state index is 13.0. The maximum Gasteiger partial charge on any atom is 0.336 e. The maximum absolute atomic E-state index is 13.0. The largest absolute Gasteiger partial charge is 0.489 e. The van der Waals surface area contributed by atoms with Crippen molar-refractivity contribution in [2.75, 3.05) is 0 Å². The van der Waals surface area contributed by atoms with Gasteiger partial charge in [-0.15, -0.1) is 0 Å². The highest BCUT2D eigenvalue weighted by Crippen LogP contribution is 2.31. The van der Waals surface area contributed by atoms with Gasteiger partial charge in [-0.2, -0.15) is 0 Å². The van der Waals surface area contributed by atoms with Crippen LogP contribution in [-0.4, -0.2) is 4.92 Å². The number of rotatable bonds is 5. The molecule has 1 heterocycles. The molecule has 6 nitrogen and oxygen atoms in total. The Kier molecular flexibility index (Phi) is 4.78. The average Bonchev–Trinajstić information content (AvgIpc) is 2.72. The lowest BCUT2D eigenvalue weighted by Gasteiger charge is -2.09. The van der Waals surface area contributed by atoms with Crippen molar-refractivity contribution in [1.82, 2.24) is 0 Å². The van der Waals surface area contributed by atoms with E-state index >= 15 is 0 Å². The van der Waals surface area contributed by atoms with Crippen LogP contribution in [0.1, 0.15) is 5.56 Å². The molecular weight excluding hydrogens is 377 g/mol. The molecule has 0 saturated carbocycles. The number of hydrogen-bond acceptors (Lipinski definition) is 5. The van der Waals surface area contributed by atoms with Crippen LogP contribution in [0.25, 0.3) is 22.1 Å². The molecule has 0 spiro atoms. The molecular formula is C22H14FNO5. The zero-order valence-electron chi connectivity index (χ0n) is 15.0. The van der Waals surface area contributed by atoms with Gasteiger partial charge in [0.05, 0.1) is 4.92 Å². The van der Waals surface area contributed by atoms with Crippen LogP contribution in [0.4, 0.5) is 10.1 Å². The van der Waals surface area contributed by atoms with Gasteiger partial charge >= 0.3 is 5.63 Å². The van der Waals surface area contributed by atoms with Gasteiger partial charge in [-0.25, -0.2) is 9.18 Å². The van der Waals surface area contributed by atoms with Crippen molar-refractivity contribution in [3.05, 3.63) is 105 Å². The fraction of sp³-hybridized carbons (Fsp3) is 0.0455. The smallest absolute Gasteiger partial charge is 0.336 e. The molecule has 0 N–H and O–H groups in total. The number of nitrogens with zero attached hydrogens (tertiary/aromatic N) is 1. The van der Waals surface area contributed by atoms with Crippen molar-refractivity contribution in [3.63, 3.8) is 0 Å². The van der Waals surface area contributed by atoms with Crippen molar-refractivity contribution in [2.45, 2.75) is 6.61 Å². The Morgan fingerprint density at radius 2 is 1.79 bits per heavy atom. The zero-order chi connectivity index (χ0) is 20.4. The molecule has 4 rings (SSSR count). The third-order valence-corrected chi connectivity index (χ3v) is 4.40. The molecule has 29 heavy (non-hydrogen) atoms. The van der Waals surface area contributed by atoms with E-state index in [0.717, 1.165) is 5.56 Å². The summed E-state index contributed by atoms with van der Waals surface area (Å²) in [6, 6.07) is 18.3. The number of non-ortho nitro benzene ring substituents is 1. The van der Waals surface area contributed by atoms with Crippen LogP contribution in [0.2, 0.25) is 0 Å².